The molecule has 1 saturated carbocycles. The number of hydrogen-bond donors (Lipinski definition) is 1. The zero-order chi connectivity index (χ0) is 15.1. The van der Waals surface area contributed by atoms with Gasteiger partial charge in [0.1, 0.15) is 11.5 Å². The molecular formula is C18H29NO2. The fourth-order valence-corrected chi connectivity index (χ4v) is 3.45. The van der Waals surface area contributed by atoms with E-state index < -0.39 is 0 Å². The lowest BCUT2D eigenvalue weighted by atomic mass is 9.75. The molecule has 0 saturated heterocycles. The molecule has 118 valence electrons. The van der Waals surface area contributed by atoms with Gasteiger partial charge in [-0.25, -0.2) is 0 Å². The van der Waals surface area contributed by atoms with E-state index in [1.165, 1.54) is 37.7 Å². The van der Waals surface area contributed by atoms with Crippen LogP contribution in [0.15, 0.2) is 18.2 Å². The normalized spacial score (nSPS) is 22.0. The van der Waals surface area contributed by atoms with E-state index in [-0.39, 0.29) is 0 Å². The summed E-state index contributed by atoms with van der Waals surface area (Å²) in [4.78, 5) is 0. The second kappa shape index (κ2) is 8.28. The first-order chi connectivity index (χ1) is 10.3. The summed E-state index contributed by atoms with van der Waals surface area (Å²) in [5.74, 6) is 3.16. The van der Waals surface area contributed by atoms with Crippen molar-refractivity contribution in [2.24, 2.45) is 5.92 Å². The summed E-state index contributed by atoms with van der Waals surface area (Å²) in [6.45, 7) is 4.45. The van der Waals surface area contributed by atoms with Gasteiger partial charge >= 0.3 is 0 Å². The number of ether oxygens (including phenoxy) is 2. The minimum atomic E-state index is 0.601. The molecular weight excluding hydrogens is 262 g/mol. The van der Waals surface area contributed by atoms with Crippen molar-refractivity contribution in [2.45, 2.75) is 44.9 Å². The summed E-state index contributed by atoms with van der Waals surface area (Å²) in [7, 11) is 3.46. The molecule has 1 aromatic rings. The van der Waals surface area contributed by atoms with E-state index in [2.05, 4.69) is 24.4 Å². The Morgan fingerprint density at radius 1 is 1.14 bits per heavy atom. The van der Waals surface area contributed by atoms with E-state index in [0.29, 0.717) is 11.8 Å². The molecule has 0 bridgehead atoms. The van der Waals surface area contributed by atoms with Crippen LogP contribution in [0.4, 0.5) is 0 Å². The van der Waals surface area contributed by atoms with Gasteiger partial charge in [-0.05, 0) is 55.8 Å². The van der Waals surface area contributed by atoms with Gasteiger partial charge in [-0.3, -0.25) is 0 Å². The topological polar surface area (TPSA) is 30.5 Å². The van der Waals surface area contributed by atoms with Crippen molar-refractivity contribution >= 4 is 0 Å². The molecule has 1 aliphatic carbocycles. The molecule has 1 aromatic carbocycles. The van der Waals surface area contributed by atoms with Crippen molar-refractivity contribution in [2.75, 3.05) is 27.3 Å². The first-order valence-corrected chi connectivity index (χ1v) is 8.22. The van der Waals surface area contributed by atoms with Crippen molar-refractivity contribution in [3.05, 3.63) is 23.8 Å². The van der Waals surface area contributed by atoms with Crippen LogP contribution >= 0.6 is 0 Å². The van der Waals surface area contributed by atoms with E-state index in [4.69, 9.17) is 9.47 Å². The van der Waals surface area contributed by atoms with Crippen LogP contribution in [-0.2, 0) is 0 Å². The molecule has 0 spiro atoms. The lowest BCUT2D eigenvalue weighted by molar-refractivity contribution is 0.287. The van der Waals surface area contributed by atoms with Crippen LogP contribution in [0.1, 0.15) is 50.5 Å². The van der Waals surface area contributed by atoms with Gasteiger partial charge in [0.25, 0.3) is 0 Å². The molecule has 3 nitrogen and oxygen atoms in total. The molecule has 2 unspecified atom stereocenters. The zero-order valence-electron chi connectivity index (χ0n) is 13.7. The molecule has 1 fully saturated rings. The number of hydrogen-bond acceptors (Lipinski definition) is 3. The molecule has 1 aliphatic rings. The molecule has 2 atom stereocenters. The first kappa shape index (κ1) is 16.2. The molecule has 0 heterocycles. The van der Waals surface area contributed by atoms with Gasteiger partial charge in [0.05, 0.1) is 14.2 Å². The van der Waals surface area contributed by atoms with Crippen molar-refractivity contribution in [3.8, 4) is 11.5 Å². The Hall–Kier alpha value is -1.22. The van der Waals surface area contributed by atoms with Crippen molar-refractivity contribution in [3.63, 3.8) is 0 Å². The van der Waals surface area contributed by atoms with Gasteiger partial charge in [0, 0.05) is 6.07 Å². The maximum Gasteiger partial charge on any atom is 0.126 e. The monoisotopic (exact) mass is 291 g/mol. The zero-order valence-corrected chi connectivity index (χ0v) is 13.7. The fraction of sp³-hybridized carbons (Fsp3) is 0.667. The predicted molar refractivity (Wildman–Crippen MR) is 87.4 cm³/mol. The summed E-state index contributed by atoms with van der Waals surface area (Å²) < 4.78 is 10.9. The van der Waals surface area contributed by atoms with Crippen LogP contribution in [0.2, 0.25) is 0 Å². The molecule has 0 amide bonds. The highest BCUT2D eigenvalue weighted by Gasteiger charge is 2.28. The van der Waals surface area contributed by atoms with Gasteiger partial charge in [0.15, 0.2) is 0 Å². The van der Waals surface area contributed by atoms with Crippen LogP contribution in [0.3, 0.4) is 0 Å². The second-order valence-corrected chi connectivity index (χ2v) is 5.96. The minimum Gasteiger partial charge on any atom is -0.497 e. The predicted octanol–water partition coefficient (Wildman–Crippen LogP) is 3.98. The molecule has 0 aromatic heterocycles. The highest BCUT2D eigenvalue weighted by molar-refractivity contribution is 5.43. The smallest absolute Gasteiger partial charge is 0.126 e. The molecule has 21 heavy (non-hydrogen) atoms. The van der Waals surface area contributed by atoms with Gasteiger partial charge in [0.2, 0.25) is 0 Å². The standard InChI is InChI=1S/C18H29NO2/c1-4-11-19-13-14-7-5-6-8-16(14)17-10-9-15(20-2)12-18(17)21-3/h9-10,12,14,16,19H,4-8,11,13H2,1-3H3. The summed E-state index contributed by atoms with van der Waals surface area (Å²) in [6, 6.07) is 6.27. The SMILES string of the molecule is CCCNCC1CCCCC1c1ccc(OC)cc1OC. The molecule has 1 N–H and O–H groups in total. The average molecular weight is 291 g/mol. The van der Waals surface area contributed by atoms with Crippen molar-refractivity contribution in [1.29, 1.82) is 0 Å². The van der Waals surface area contributed by atoms with Crippen LogP contribution < -0.4 is 14.8 Å². The number of rotatable bonds is 7. The largest absolute Gasteiger partial charge is 0.497 e. The lowest BCUT2D eigenvalue weighted by Gasteiger charge is -2.33. The Morgan fingerprint density at radius 3 is 2.67 bits per heavy atom. The summed E-state index contributed by atoms with van der Waals surface area (Å²) in [5.41, 5.74) is 1.35. The Morgan fingerprint density at radius 2 is 1.95 bits per heavy atom. The van der Waals surface area contributed by atoms with Gasteiger partial charge < -0.3 is 14.8 Å². The van der Waals surface area contributed by atoms with Crippen LogP contribution in [0.25, 0.3) is 0 Å². The van der Waals surface area contributed by atoms with E-state index in [1.54, 1.807) is 14.2 Å². The first-order valence-electron chi connectivity index (χ1n) is 8.22. The lowest BCUT2D eigenvalue weighted by Crippen LogP contribution is -2.30. The molecule has 0 aliphatic heterocycles. The Labute approximate surface area is 129 Å². The average Bonchev–Trinajstić information content (AvgIpc) is 2.55. The highest BCUT2D eigenvalue weighted by Crippen LogP contribution is 2.42. The summed E-state index contributed by atoms with van der Waals surface area (Å²) in [5, 5.41) is 3.60. The maximum atomic E-state index is 5.61. The Balaban J connectivity index is 2.16. The van der Waals surface area contributed by atoms with Gasteiger partial charge in [-0.1, -0.05) is 25.8 Å². The number of benzene rings is 1. The van der Waals surface area contributed by atoms with Gasteiger partial charge in [-0.15, -0.1) is 0 Å². The van der Waals surface area contributed by atoms with Crippen LogP contribution in [0.5, 0.6) is 11.5 Å². The fourth-order valence-electron chi connectivity index (χ4n) is 3.45. The second-order valence-electron chi connectivity index (χ2n) is 5.96. The minimum absolute atomic E-state index is 0.601. The Bertz CT molecular complexity index is 433. The summed E-state index contributed by atoms with van der Waals surface area (Å²) in [6.07, 6.45) is 6.46. The third-order valence-electron chi connectivity index (χ3n) is 4.58. The van der Waals surface area contributed by atoms with Crippen molar-refractivity contribution in [1.82, 2.24) is 5.32 Å². The summed E-state index contributed by atoms with van der Waals surface area (Å²) >= 11 is 0. The van der Waals surface area contributed by atoms with E-state index >= 15 is 0 Å². The molecule has 2 rings (SSSR count). The van der Waals surface area contributed by atoms with Crippen LogP contribution in [0, 0.1) is 5.92 Å². The van der Waals surface area contributed by atoms with Crippen LogP contribution in [-0.4, -0.2) is 27.3 Å². The number of nitrogens with one attached hydrogen (secondary N) is 1. The van der Waals surface area contributed by atoms with Gasteiger partial charge in [-0.2, -0.15) is 0 Å². The highest BCUT2D eigenvalue weighted by atomic mass is 16.5. The van der Waals surface area contributed by atoms with E-state index in [9.17, 15) is 0 Å². The molecule has 3 heteroatoms. The van der Waals surface area contributed by atoms with E-state index in [0.717, 1.165) is 24.6 Å². The number of methoxy groups -OCH3 is 2. The third-order valence-corrected chi connectivity index (χ3v) is 4.58. The van der Waals surface area contributed by atoms with Crippen molar-refractivity contribution < 1.29 is 9.47 Å². The Kier molecular flexibility index (Phi) is 6.37. The third kappa shape index (κ3) is 4.13. The quantitative estimate of drug-likeness (QED) is 0.771. The maximum absolute atomic E-state index is 5.61. The molecule has 0 radical (unpaired) electrons. The van der Waals surface area contributed by atoms with E-state index in [1.807, 2.05) is 6.07 Å².